The lowest BCUT2D eigenvalue weighted by Crippen LogP contribution is -2.35. The first-order valence-electron chi connectivity index (χ1n) is 6.51. The van der Waals surface area contributed by atoms with Gasteiger partial charge in [0.2, 0.25) is 0 Å². The summed E-state index contributed by atoms with van der Waals surface area (Å²) in [7, 11) is 1.94. The van der Waals surface area contributed by atoms with Crippen LogP contribution in [0.3, 0.4) is 0 Å². The van der Waals surface area contributed by atoms with Crippen LogP contribution >= 0.6 is 0 Å². The van der Waals surface area contributed by atoms with Crippen molar-refractivity contribution in [2.45, 2.75) is 47.5 Å². The average Bonchev–Trinajstić information content (AvgIpc) is 2.17. The molecule has 0 amide bonds. The summed E-state index contributed by atoms with van der Waals surface area (Å²) in [6.07, 6.45) is 1.56. The zero-order valence-corrected chi connectivity index (χ0v) is 12.4. The summed E-state index contributed by atoms with van der Waals surface area (Å²) in [6, 6.07) is 0. The number of ketones is 1. The quantitative estimate of drug-likeness (QED) is 0.676. The smallest absolute Gasteiger partial charge is 0.140 e. The van der Waals surface area contributed by atoms with Gasteiger partial charge in [-0.15, -0.1) is 0 Å². The lowest BCUT2D eigenvalue weighted by Gasteiger charge is -2.28. The molecule has 0 aromatic carbocycles. The molecule has 0 unspecified atom stereocenters. The summed E-state index contributed by atoms with van der Waals surface area (Å²) in [4.78, 5) is 11.9. The van der Waals surface area contributed by atoms with E-state index in [0.29, 0.717) is 25.4 Å². The van der Waals surface area contributed by atoms with Crippen LogP contribution in [0, 0.1) is 10.8 Å². The molecule has 0 atom stereocenters. The van der Waals surface area contributed by atoms with Gasteiger partial charge in [0.05, 0.1) is 13.2 Å². The van der Waals surface area contributed by atoms with E-state index in [1.165, 1.54) is 0 Å². The molecule has 0 saturated heterocycles. The Morgan fingerprint density at radius 1 is 1.18 bits per heavy atom. The van der Waals surface area contributed by atoms with Crippen molar-refractivity contribution in [1.29, 1.82) is 0 Å². The third-order valence-electron chi connectivity index (χ3n) is 2.84. The summed E-state index contributed by atoms with van der Waals surface area (Å²) >= 11 is 0. The van der Waals surface area contributed by atoms with Crippen molar-refractivity contribution in [2.75, 3.05) is 26.8 Å². The second-order valence-corrected chi connectivity index (χ2v) is 6.24. The first-order chi connectivity index (χ1) is 7.75. The van der Waals surface area contributed by atoms with Crippen molar-refractivity contribution in [1.82, 2.24) is 5.32 Å². The Balaban J connectivity index is 4.06. The number of ether oxygens (including phenoxy) is 1. The van der Waals surface area contributed by atoms with Gasteiger partial charge in [-0.2, -0.15) is 0 Å². The second-order valence-electron chi connectivity index (χ2n) is 6.24. The van der Waals surface area contributed by atoms with Crippen LogP contribution in [0.2, 0.25) is 0 Å². The lowest BCUT2D eigenvalue weighted by atomic mass is 9.86. The third-order valence-corrected chi connectivity index (χ3v) is 2.84. The van der Waals surface area contributed by atoms with Gasteiger partial charge < -0.3 is 10.1 Å². The predicted octanol–water partition coefficient (Wildman–Crippen LogP) is 2.64. The van der Waals surface area contributed by atoms with Crippen molar-refractivity contribution in [3.8, 4) is 0 Å². The molecule has 0 aliphatic carbocycles. The number of nitrogens with one attached hydrogen (secondary N) is 1. The van der Waals surface area contributed by atoms with Crippen LogP contribution in [-0.2, 0) is 9.53 Å². The molecular weight excluding hydrogens is 214 g/mol. The van der Waals surface area contributed by atoms with E-state index in [4.69, 9.17) is 4.74 Å². The molecule has 0 aromatic heterocycles. The summed E-state index contributed by atoms with van der Waals surface area (Å²) < 4.78 is 5.72. The number of hydrogen-bond acceptors (Lipinski definition) is 3. The Morgan fingerprint density at radius 2 is 1.76 bits per heavy atom. The number of carbonyl (C=O) groups is 1. The largest absolute Gasteiger partial charge is 0.380 e. The van der Waals surface area contributed by atoms with Gasteiger partial charge in [0.1, 0.15) is 5.78 Å². The number of hydrogen-bond donors (Lipinski definition) is 1. The van der Waals surface area contributed by atoms with Crippen LogP contribution in [0.4, 0.5) is 0 Å². The van der Waals surface area contributed by atoms with Crippen LogP contribution in [0.15, 0.2) is 0 Å². The van der Waals surface area contributed by atoms with Crippen LogP contribution < -0.4 is 5.32 Å². The molecular formula is C14H29NO2. The zero-order chi connectivity index (χ0) is 13.5. The van der Waals surface area contributed by atoms with Crippen molar-refractivity contribution < 1.29 is 9.53 Å². The molecule has 0 saturated carbocycles. The number of rotatable bonds is 9. The molecule has 3 nitrogen and oxygen atoms in total. The minimum atomic E-state index is -0.355. The predicted molar refractivity (Wildman–Crippen MR) is 72.2 cm³/mol. The highest BCUT2D eigenvalue weighted by Gasteiger charge is 2.28. The minimum absolute atomic E-state index is 0.110. The van der Waals surface area contributed by atoms with Crippen molar-refractivity contribution in [3.63, 3.8) is 0 Å². The van der Waals surface area contributed by atoms with Gasteiger partial charge >= 0.3 is 0 Å². The summed E-state index contributed by atoms with van der Waals surface area (Å²) in [5, 5.41) is 3.15. The van der Waals surface area contributed by atoms with Gasteiger partial charge in [-0.25, -0.2) is 0 Å². The molecule has 0 fully saturated rings. The highest BCUT2D eigenvalue weighted by atomic mass is 16.5. The van der Waals surface area contributed by atoms with Gasteiger partial charge in [-0.3, -0.25) is 4.79 Å². The fraction of sp³-hybridized carbons (Fsp3) is 0.929. The van der Waals surface area contributed by atoms with Gasteiger partial charge in [-0.1, -0.05) is 34.6 Å². The number of carbonyl (C=O) groups excluding carboxylic acids is 1. The van der Waals surface area contributed by atoms with Crippen molar-refractivity contribution >= 4 is 5.78 Å². The number of Topliss-reactive ketones (excluding diaryl/α,β-unsaturated/α-hetero) is 1. The second kappa shape index (κ2) is 7.12. The molecule has 0 spiro atoms. The SMILES string of the molecule is CCCC(=O)C(C)(C)COCC(C)(C)CNC. The molecule has 0 heterocycles. The molecule has 0 aliphatic heterocycles. The zero-order valence-electron chi connectivity index (χ0n) is 12.4. The van der Waals surface area contributed by atoms with Crippen LogP contribution in [0.25, 0.3) is 0 Å². The van der Waals surface area contributed by atoms with Crippen LogP contribution in [0.5, 0.6) is 0 Å². The van der Waals surface area contributed by atoms with Gasteiger partial charge in [0, 0.05) is 23.8 Å². The molecule has 0 aliphatic rings. The van der Waals surface area contributed by atoms with E-state index in [1.54, 1.807) is 0 Å². The molecule has 0 rings (SSSR count). The van der Waals surface area contributed by atoms with Gasteiger partial charge in [0.25, 0.3) is 0 Å². The van der Waals surface area contributed by atoms with E-state index < -0.39 is 0 Å². The monoisotopic (exact) mass is 243 g/mol. The molecule has 3 heteroatoms. The molecule has 0 aromatic rings. The summed E-state index contributed by atoms with van der Waals surface area (Å²) in [5.41, 5.74) is -0.246. The average molecular weight is 243 g/mol. The Morgan fingerprint density at radius 3 is 2.24 bits per heavy atom. The van der Waals surface area contributed by atoms with Gasteiger partial charge in [-0.05, 0) is 13.5 Å². The van der Waals surface area contributed by atoms with Crippen molar-refractivity contribution in [2.24, 2.45) is 10.8 Å². The maximum atomic E-state index is 11.9. The van der Waals surface area contributed by atoms with E-state index in [2.05, 4.69) is 19.2 Å². The third kappa shape index (κ3) is 6.79. The summed E-state index contributed by atoms with van der Waals surface area (Å²) in [6.45, 7) is 12.4. The topological polar surface area (TPSA) is 38.3 Å². The minimum Gasteiger partial charge on any atom is -0.380 e. The Hall–Kier alpha value is -0.410. The Labute approximate surface area is 106 Å². The maximum Gasteiger partial charge on any atom is 0.140 e. The summed E-state index contributed by atoms with van der Waals surface area (Å²) in [5.74, 6) is 0.298. The fourth-order valence-electron chi connectivity index (χ4n) is 1.76. The molecule has 102 valence electrons. The molecule has 0 bridgehead atoms. The van der Waals surface area contributed by atoms with Crippen molar-refractivity contribution in [3.05, 3.63) is 0 Å². The first-order valence-corrected chi connectivity index (χ1v) is 6.51. The molecule has 17 heavy (non-hydrogen) atoms. The van der Waals surface area contributed by atoms with Crippen LogP contribution in [0.1, 0.15) is 47.5 Å². The van der Waals surface area contributed by atoms with Gasteiger partial charge in [0.15, 0.2) is 0 Å². The first kappa shape index (κ1) is 16.6. The lowest BCUT2D eigenvalue weighted by molar-refractivity contribution is -0.131. The highest BCUT2D eigenvalue weighted by molar-refractivity contribution is 5.84. The standard InChI is InChI=1S/C14H29NO2/c1-7-8-12(16)14(4,5)11-17-10-13(2,3)9-15-6/h15H,7-11H2,1-6H3. The van der Waals surface area contributed by atoms with Crippen LogP contribution in [-0.4, -0.2) is 32.6 Å². The van der Waals surface area contributed by atoms with E-state index in [1.807, 2.05) is 27.8 Å². The van der Waals surface area contributed by atoms with E-state index in [0.717, 1.165) is 13.0 Å². The Bertz CT molecular complexity index is 234. The Kier molecular flexibility index (Phi) is 6.95. The highest BCUT2D eigenvalue weighted by Crippen LogP contribution is 2.22. The normalized spacial score (nSPS) is 12.8. The van der Waals surface area contributed by atoms with E-state index in [-0.39, 0.29) is 10.8 Å². The molecule has 1 N–H and O–H groups in total. The van der Waals surface area contributed by atoms with E-state index in [9.17, 15) is 4.79 Å². The van der Waals surface area contributed by atoms with E-state index >= 15 is 0 Å². The molecule has 0 radical (unpaired) electrons. The maximum absolute atomic E-state index is 11.9. The fourth-order valence-corrected chi connectivity index (χ4v) is 1.76.